The summed E-state index contributed by atoms with van der Waals surface area (Å²) in [5.41, 5.74) is 5.89. The molecule has 27 heavy (non-hydrogen) atoms. The van der Waals surface area contributed by atoms with Crippen LogP contribution >= 0.6 is 0 Å². The molecule has 0 bridgehead atoms. The molecule has 1 fully saturated rings. The normalized spacial score (nSPS) is 26.4. The van der Waals surface area contributed by atoms with Crippen LogP contribution in [-0.4, -0.2) is 59.0 Å². The first-order valence-electron chi connectivity index (χ1n) is 11.6. The fourth-order valence-corrected chi connectivity index (χ4v) is 2.39. The molecule has 1 amide bonds. The first kappa shape index (κ1) is 10.0. The third-order valence-electron chi connectivity index (χ3n) is 3.70. The van der Waals surface area contributed by atoms with E-state index in [1.807, 2.05) is 0 Å². The quantitative estimate of drug-likeness (QED) is 0.705. The van der Waals surface area contributed by atoms with E-state index in [-0.39, 0.29) is 38.0 Å². The summed E-state index contributed by atoms with van der Waals surface area (Å²) in [5.74, 6) is -3.38. The van der Waals surface area contributed by atoms with Crippen molar-refractivity contribution < 1.29 is 30.0 Å². The van der Waals surface area contributed by atoms with Gasteiger partial charge in [0.05, 0.1) is 29.9 Å². The number of furan rings is 1. The highest BCUT2D eigenvalue weighted by molar-refractivity contribution is 5.92. The molecule has 1 aliphatic rings. The molecule has 0 saturated carbocycles. The molecule has 1 saturated heterocycles. The maximum Gasteiger partial charge on any atom is 0.289 e. The van der Waals surface area contributed by atoms with Crippen molar-refractivity contribution in [2.75, 3.05) is 43.7 Å². The van der Waals surface area contributed by atoms with Gasteiger partial charge in [0.2, 0.25) is 5.95 Å². The lowest BCUT2D eigenvalue weighted by Crippen LogP contribution is -2.49. The maximum atomic E-state index is 12.9. The average molecular weight is 377 g/mol. The molecular weight excluding hydrogens is 350 g/mol. The lowest BCUT2D eigenvalue weighted by Gasteiger charge is -2.34. The van der Waals surface area contributed by atoms with E-state index in [0.717, 1.165) is 18.4 Å². The van der Waals surface area contributed by atoms with Gasteiger partial charge in [-0.3, -0.25) is 4.79 Å². The minimum absolute atomic E-state index is 0.0314. The number of methoxy groups -OCH3 is 1. The Morgan fingerprint density at radius 2 is 2.11 bits per heavy atom. The summed E-state index contributed by atoms with van der Waals surface area (Å²) in [5, 5.41) is 10.3. The minimum atomic E-state index is -3.47. The molecule has 0 spiro atoms. The molecule has 9 nitrogen and oxygen atoms in total. The number of phenols is 1. The summed E-state index contributed by atoms with van der Waals surface area (Å²) in [6, 6.07) is 4.79. The van der Waals surface area contributed by atoms with E-state index < -0.39 is 43.6 Å². The predicted molar refractivity (Wildman–Crippen MR) is 99.0 cm³/mol. The molecule has 3 N–H and O–H groups in total. The van der Waals surface area contributed by atoms with Gasteiger partial charge in [-0.05, 0) is 18.2 Å². The number of aromatic nitrogens is 2. The van der Waals surface area contributed by atoms with Gasteiger partial charge in [0.1, 0.15) is 5.82 Å². The Balaban J connectivity index is 1.94. The Hall–Kier alpha value is -3.49. The van der Waals surface area contributed by atoms with Gasteiger partial charge < -0.3 is 29.8 Å². The zero-order valence-electron chi connectivity index (χ0n) is 21.9. The monoisotopic (exact) mass is 377 g/mol. The zero-order valence-corrected chi connectivity index (χ0v) is 13.9. The number of nitrogen functional groups attached to an aromatic ring is 1. The number of nitrogens with zero attached hydrogens (tertiary/aromatic N) is 4. The Morgan fingerprint density at radius 1 is 1.33 bits per heavy atom. The van der Waals surface area contributed by atoms with Crippen LogP contribution in [0.3, 0.4) is 0 Å². The molecule has 4 rings (SSSR count). The third kappa shape index (κ3) is 3.07. The van der Waals surface area contributed by atoms with Crippen LogP contribution in [0, 0.1) is 0 Å². The van der Waals surface area contributed by atoms with E-state index >= 15 is 0 Å². The van der Waals surface area contributed by atoms with Crippen molar-refractivity contribution in [1.29, 1.82) is 0 Å². The molecule has 140 valence electrons. The second kappa shape index (κ2) is 6.67. The summed E-state index contributed by atoms with van der Waals surface area (Å²) in [7, 11) is 1.29. The molecule has 0 atom stereocenters. The number of aromatic hydroxyl groups is 1. The average Bonchev–Trinajstić information content (AvgIpc) is 3.26. The van der Waals surface area contributed by atoms with E-state index in [0.29, 0.717) is 0 Å². The highest BCUT2D eigenvalue weighted by Gasteiger charge is 2.25. The van der Waals surface area contributed by atoms with Crippen LogP contribution in [0.15, 0.2) is 34.9 Å². The first-order chi connectivity index (χ1) is 16.1. The Kier molecular flexibility index (Phi) is 2.47. The van der Waals surface area contributed by atoms with Gasteiger partial charge in [-0.25, -0.2) is 4.98 Å². The van der Waals surface area contributed by atoms with Gasteiger partial charge >= 0.3 is 0 Å². The molecule has 1 aliphatic heterocycles. The van der Waals surface area contributed by atoms with Crippen molar-refractivity contribution in [3.8, 4) is 11.5 Å². The number of ether oxygens (including phenoxy) is 1. The number of piperazine rings is 1. The summed E-state index contributed by atoms with van der Waals surface area (Å²) in [6.07, 6.45) is 1.08. The van der Waals surface area contributed by atoms with Crippen molar-refractivity contribution in [3.63, 3.8) is 0 Å². The SMILES string of the molecule is [2H]C1([2H])N(C(=O)c2ccco2)C([2H])([2H])C([2H])([2H])N(c2nc(N)c3cc(OC)c(O)cc3n2)C1([2H])[2H]. The molecular formula is C18H19N5O4. The van der Waals surface area contributed by atoms with Crippen LogP contribution < -0.4 is 15.4 Å². The van der Waals surface area contributed by atoms with Crippen LogP contribution in [0.4, 0.5) is 11.8 Å². The van der Waals surface area contributed by atoms with Crippen LogP contribution in [0.2, 0.25) is 0 Å². The second-order valence-electron chi connectivity index (χ2n) is 5.35. The smallest absolute Gasteiger partial charge is 0.289 e. The largest absolute Gasteiger partial charge is 0.504 e. The number of rotatable bonds is 3. The van der Waals surface area contributed by atoms with Crippen molar-refractivity contribution >= 4 is 28.6 Å². The lowest BCUT2D eigenvalue weighted by molar-refractivity contribution is 0.0714. The highest BCUT2D eigenvalue weighted by Crippen LogP contribution is 2.33. The summed E-state index contributed by atoms with van der Waals surface area (Å²) < 4.78 is 77.5. The maximum absolute atomic E-state index is 12.9. The molecule has 0 radical (unpaired) electrons. The van der Waals surface area contributed by atoms with Crippen LogP contribution in [0.1, 0.15) is 21.5 Å². The van der Waals surface area contributed by atoms with E-state index in [1.54, 1.807) is 0 Å². The molecule has 9 heteroatoms. The van der Waals surface area contributed by atoms with E-state index in [1.165, 1.54) is 19.2 Å². The number of fused-ring (bicyclic) bond motifs is 1. The number of carbonyl (C=O) groups excluding carboxylic acids is 1. The number of carbonyl (C=O) groups is 1. The van der Waals surface area contributed by atoms with E-state index in [9.17, 15) is 9.90 Å². The summed E-state index contributed by atoms with van der Waals surface area (Å²) in [6.45, 7) is -13.8. The van der Waals surface area contributed by atoms with Gasteiger partial charge in [-0.1, -0.05) is 0 Å². The minimum Gasteiger partial charge on any atom is -0.504 e. The van der Waals surface area contributed by atoms with Gasteiger partial charge in [0.25, 0.3) is 5.91 Å². The van der Waals surface area contributed by atoms with Crippen molar-refractivity contribution in [1.82, 2.24) is 14.9 Å². The number of hydrogen-bond donors (Lipinski definition) is 2. The number of anilines is 2. The topological polar surface area (TPSA) is 118 Å². The molecule has 0 unspecified atom stereocenters. The molecule has 3 aromatic rings. The van der Waals surface area contributed by atoms with Crippen molar-refractivity contribution in [3.05, 3.63) is 36.3 Å². The highest BCUT2D eigenvalue weighted by atomic mass is 16.5. The molecule has 3 heterocycles. The van der Waals surface area contributed by atoms with Crippen molar-refractivity contribution in [2.24, 2.45) is 0 Å². The summed E-state index contributed by atoms with van der Waals surface area (Å²) >= 11 is 0. The van der Waals surface area contributed by atoms with Gasteiger partial charge in [0.15, 0.2) is 17.3 Å². The van der Waals surface area contributed by atoms with E-state index in [2.05, 4.69) is 9.97 Å². The van der Waals surface area contributed by atoms with Crippen molar-refractivity contribution in [2.45, 2.75) is 0 Å². The Bertz CT molecular complexity index is 1290. The standard InChI is InChI=1S/C18H19N5O4/c1-26-15-9-11-12(10-13(15)24)20-18(21-16(11)19)23-6-4-22(5-7-23)17(25)14-3-2-8-27-14/h2-3,8-10,24H,4-7H2,1H3,(H2,19,20,21)/i4D2,5D2,6D2,7D2. The van der Waals surface area contributed by atoms with E-state index in [4.69, 9.17) is 25.9 Å². The fourth-order valence-electron chi connectivity index (χ4n) is 2.39. The van der Waals surface area contributed by atoms with Crippen LogP contribution in [0.5, 0.6) is 11.5 Å². The second-order valence-corrected chi connectivity index (χ2v) is 5.35. The Morgan fingerprint density at radius 3 is 2.78 bits per heavy atom. The lowest BCUT2D eigenvalue weighted by atomic mass is 10.2. The van der Waals surface area contributed by atoms with Gasteiger partial charge in [-0.15, -0.1) is 0 Å². The number of benzene rings is 1. The van der Waals surface area contributed by atoms with Crippen LogP contribution in [-0.2, 0) is 0 Å². The molecule has 1 aromatic carbocycles. The number of nitrogens with two attached hydrogens (primary N) is 1. The number of amides is 1. The number of phenolic OH excluding ortho intramolecular Hbond substituents is 1. The Labute approximate surface area is 166 Å². The fraction of sp³-hybridized carbons (Fsp3) is 0.278. The third-order valence-corrected chi connectivity index (χ3v) is 3.70. The molecule has 2 aromatic heterocycles. The van der Waals surface area contributed by atoms with Gasteiger partial charge in [-0.2, -0.15) is 4.98 Å². The number of hydrogen-bond acceptors (Lipinski definition) is 8. The first-order valence-corrected chi connectivity index (χ1v) is 7.61. The molecule has 0 aliphatic carbocycles. The summed E-state index contributed by atoms with van der Waals surface area (Å²) in [4.78, 5) is 20.7. The zero-order chi connectivity index (χ0) is 26.1. The van der Waals surface area contributed by atoms with Gasteiger partial charge in [0, 0.05) is 37.4 Å². The predicted octanol–water partition coefficient (Wildman–Crippen LogP) is 1.48. The van der Waals surface area contributed by atoms with Crippen LogP contribution in [0.25, 0.3) is 10.9 Å².